The Bertz CT molecular complexity index is 820. The molecule has 2 heterocycles. The fourth-order valence-electron chi connectivity index (χ4n) is 1.77. The topological polar surface area (TPSA) is 100 Å². The summed E-state index contributed by atoms with van der Waals surface area (Å²) < 4.78 is 14.3. The van der Waals surface area contributed by atoms with Gasteiger partial charge in [-0.2, -0.15) is 4.98 Å². The van der Waals surface area contributed by atoms with Crippen molar-refractivity contribution >= 4 is 33.0 Å². The van der Waals surface area contributed by atoms with E-state index in [0.717, 1.165) is 0 Å². The molecule has 0 aliphatic heterocycles. The molecule has 0 saturated heterocycles. The van der Waals surface area contributed by atoms with E-state index >= 15 is 0 Å². The van der Waals surface area contributed by atoms with E-state index < -0.39 is 11.4 Å². The lowest BCUT2D eigenvalue weighted by molar-refractivity contribution is 0.629. The Morgan fingerprint density at radius 1 is 1.26 bits per heavy atom. The first-order valence-electron chi connectivity index (χ1n) is 5.26. The van der Waals surface area contributed by atoms with Gasteiger partial charge in [0.2, 0.25) is 5.95 Å². The smallest absolute Gasteiger partial charge is 0.278 e. The van der Waals surface area contributed by atoms with E-state index in [1.54, 1.807) is 12.1 Å². The summed E-state index contributed by atoms with van der Waals surface area (Å²) in [6.45, 7) is 0. The van der Waals surface area contributed by atoms with Crippen LogP contribution in [0, 0.1) is 5.82 Å². The van der Waals surface area contributed by atoms with Crippen LogP contribution < -0.4 is 11.3 Å². The third-order valence-electron chi connectivity index (χ3n) is 2.58. The lowest BCUT2D eigenvalue weighted by Gasteiger charge is -2.01. The van der Waals surface area contributed by atoms with Gasteiger partial charge >= 0.3 is 0 Å². The Balaban J connectivity index is 2.33. The van der Waals surface area contributed by atoms with Crippen molar-refractivity contribution < 1.29 is 4.39 Å². The highest BCUT2D eigenvalue weighted by atomic mass is 79.9. The van der Waals surface area contributed by atoms with Crippen LogP contribution in [0.3, 0.4) is 0 Å². The number of anilines is 1. The average Bonchev–Trinajstić information content (AvgIpc) is 2.72. The highest BCUT2D eigenvalue weighted by Gasteiger charge is 2.15. The van der Waals surface area contributed by atoms with E-state index in [1.807, 2.05) is 0 Å². The number of nitrogens with zero attached hydrogens (tertiary/aromatic N) is 2. The Morgan fingerprint density at radius 3 is 2.79 bits per heavy atom. The van der Waals surface area contributed by atoms with E-state index in [1.165, 1.54) is 6.07 Å². The number of imidazole rings is 1. The van der Waals surface area contributed by atoms with Gasteiger partial charge in [0.05, 0.1) is 5.56 Å². The molecule has 3 aromatic rings. The number of benzene rings is 1. The number of halogens is 2. The van der Waals surface area contributed by atoms with Crippen LogP contribution in [-0.2, 0) is 0 Å². The molecule has 0 bridgehead atoms. The second kappa shape index (κ2) is 4.16. The Kier molecular flexibility index (Phi) is 2.59. The first-order valence-corrected chi connectivity index (χ1v) is 6.05. The van der Waals surface area contributed by atoms with Gasteiger partial charge in [0.15, 0.2) is 11.2 Å². The van der Waals surface area contributed by atoms with Crippen molar-refractivity contribution in [3.8, 4) is 11.4 Å². The van der Waals surface area contributed by atoms with Gasteiger partial charge in [0.1, 0.15) is 11.6 Å². The maximum Gasteiger partial charge on any atom is 0.278 e. The van der Waals surface area contributed by atoms with Crippen molar-refractivity contribution in [2.75, 3.05) is 5.73 Å². The van der Waals surface area contributed by atoms with E-state index in [9.17, 15) is 9.18 Å². The van der Waals surface area contributed by atoms with Crippen LogP contribution in [0.1, 0.15) is 0 Å². The van der Waals surface area contributed by atoms with Crippen LogP contribution in [0.2, 0.25) is 0 Å². The molecule has 0 unspecified atom stereocenters. The van der Waals surface area contributed by atoms with Crippen LogP contribution in [-0.4, -0.2) is 19.9 Å². The molecule has 96 valence electrons. The average molecular weight is 324 g/mol. The number of rotatable bonds is 1. The van der Waals surface area contributed by atoms with Crippen LogP contribution in [0.5, 0.6) is 0 Å². The van der Waals surface area contributed by atoms with E-state index in [0.29, 0.717) is 4.47 Å². The summed E-state index contributed by atoms with van der Waals surface area (Å²) in [5.41, 5.74) is 5.51. The number of hydrogen-bond donors (Lipinski definition) is 3. The lowest BCUT2D eigenvalue weighted by atomic mass is 10.2. The molecule has 0 amide bonds. The van der Waals surface area contributed by atoms with Crippen molar-refractivity contribution in [3.05, 3.63) is 38.8 Å². The van der Waals surface area contributed by atoms with Crippen LogP contribution in [0.25, 0.3) is 22.6 Å². The molecule has 6 nitrogen and oxygen atoms in total. The van der Waals surface area contributed by atoms with Crippen molar-refractivity contribution in [1.82, 2.24) is 19.9 Å². The molecule has 0 saturated carbocycles. The molecular formula is C11H7BrFN5O. The summed E-state index contributed by atoms with van der Waals surface area (Å²) in [7, 11) is 0. The number of nitrogens with one attached hydrogen (secondary N) is 2. The molecule has 0 aliphatic rings. The van der Waals surface area contributed by atoms with Crippen molar-refractivity contribution in [1.29, 1.82) is 0 Å². The molecule has 19 heavy (non-hydrogen) atoms. The third kappa shape index (κ3) is 1.89. The quantitative estimate of drug-likeness (QED) is 0.635. The summed E-state index contributed by atoms with van der Waals surface area (Å²) in [6.07, 6.45) is 0. The zero-order valence-corrected chi connectivity index (χ0v) is 11.0. The van der Waals surface area contributed by atoms with E-state index in [4.69, 9.17) is 5.73 Å². The molecule has 0 atom stereocenters. The SMILES string of the molecule is Nc1nc2nc(-c3c(F)cccc3Br)[nH]c2c(=O)[nH]1. The first-order chi connectivity index (χ1) is 9.06. The summed E-state index contributed by atoms with van der Waals surface area (Å²) in [5.74, 6) is -0.287. The highest BCUT2D eigenvalue weighted by molar-refractivity contribution is 9.10. The molecule has 0 fully saturated rings. The summed E-state index contributed by atoms with van der Waals surface area (Å²) >= 11 is 3.24. The lowest BCUT2D eigenvalue weighted by Crippen LogP contribution is -2.10. The third-order valence-corrected chi connectivity index (χ3v) is 3.24. The molecule has 0 spiro atoms. The van der Waals surface area contributed by atoms with E-state index in [2.05, 4.69) is 35.9 Å². The summed E-state index contributed by atoms with van der Waals surface area (Å²) in [4.78, 5) is 24.7. The van der Waals surface area contributed by atoms with E-state index in [-0.39, 0.29) is 28.5 Å². The van der Waals surface area contributed by atoms with Gasteiger partial charge in [-0.15, -0.1) is 0 Å². The zero-order chi connectivity index (χ0) is 13.6. The minimum atomic E-state index is -0.460. The van der Waals surface area contributed by atoms with Gasteiger partial charge in [0.25, 0.3) is 5.56 Å². The monoisotopic (exact) mass is 323 g/mol. The second-order valence-electron chi connectivity index (χ2n) is 3.83. The van der Waals surface area contributed by atoms with Gasteiger partial charge < -0.3 is 10.7 Å². The van der Waals surface area contributed by atoms with Gasteiger partial charge in [0, 0.05) is 4.47 Å². The largest absolute Gasteiger partial charge is 0.369 e. The standard InChI is InChI=1S/C11H7BrFN5O/c12-4-2-1-3-5(13)6(4)8-15-7-9(16-8)17-11(14)18-10(7)19/h1-3H,(H4,14,15,16,17,18,19). The predicted octanol–water partition coefficient (Wildman–Crippen LogP) is 1.80. The minimum Gasteiger partial charge on any atom is -0.369 e. The van der Waals surface area contributed by atoms with Crippen LogP contribution in [0.4, 0.5) is 10.3 Å². The molecule has 0 aliphatic carbocycles. The van der Waals surface area contributed by atoms with Gasteiger partial charge in [-0.25, -0.2) is 9.37 Å². The number of aromatic nitrogens is 4. The number of H-pyrrole nitrogens is 2. The number of hydrogen-bond acceptors (Lipinski definition) is 4. The molecule has 8 heteroatoms. The predicted molar refractivity (Wildman–Crippen MR) is 72.0 cm³/mol. The summed E-state index contributed by atoms with van der Waals surface area (Å²) in [5, 5.41) is 0. The Labute approximate surface area is 114 Å². The fraction of sp³-hybridized carbons (Fsp3) is 0. The first kappa shape index (κ1) is 11.8. The molecule has 2 aromatic heterocycles. The second-order valence-corrected chi connectivity index (χ2v) is 4.69. The van der Waals surface area contributed by atoms with Gasteiger partial charge in [-0.3, -0.25) is 9.78 Å². The molecule has 3 rings (SSSR count). The molecule has 0 radical (unpaired) electrons. The summed E-state index contributed by atoms with van der Waals surface area (Å²) in [6, 6.07) is 4.55. The van der Waals surface area contributed by atoms with Crippen LogP contribution >= 0.6 is 15.9 Å². The van der Waals surface area contributed by atoms with Gasteiger partial charge in [-0.05, 0) is 28.1 Å². The molecular weight excluding hydrogens is 317 g/mol. The van der Waals surface area contributed by atoms with Gasteiger partial charge in [-0.1, -0.05) is 6.07 Å². The number of fused-ring (bicyclic) bond motifs is 1. The van der Waals surface area contributed by atoms with Crippen molar-refractivity contribution in [3.63, 3.8) is 0 Å². The number of nitrogens with two attached hydrogens (primary N) is 1. The fourth-order valence-corrected chi connectivity index (χ4v) is 2.30. The van der Waals surface area contributed by atoms with Crippen LogP contribution in [0.15, 0.2) is 27.5 Å². The Morgan fingerprint density at radius 2 is 2.05 bits per heavy atom. The zero-order valence-electron chi connectivity index (χ0n) is 9.37. The highest BCUT2D eigenvalue weighted by Crippen LogP contribution is 2.29. The van der Waals surface area contributed by atoms with Crippen molar-refractivity contribution in [2.24, 2.45) is 0 Å². The molecule has 4 N–H and O–H groups in total. The minimum absolute atomic E-state index is 0.0388. The molecule has 1 aromatic carbocycles. The maximum absolute atomic E-state index is 13.8. The Hall–Kier alpha value is -2.22. The maximum atomic E-state index is 13.8. The number of aromatic amines is 2. The normalized spacial score (nSPS) is 11.1. The number of nitrogen functional groups attached to an aromatic ring is 1. The van der Waals surface area contributed by atoms with Crippen molar-refractivity contribution in [2.45, 2.75) is 0 Å².